The average Bonchev–Trinajstić information content (AvgIpc) is 3.49. The van der Waals surface area contributed by atoms with E-state index in [9.17, 15) is 9.59 Å². The van der Waals surface area contributed by atoms with E-state index in [1.165, 1.54) is 0 Å². The van der Waals surface area contributed by atoms with Gasteiger partial charge in [0, 0.05) is 35.1 Å². The van der Waals surface area contributed by atoms with Crippen LogP contribution in [-0.2, 0) is 4.74 Å². The van der Waals surface area contributed by atoms with Gasteiger partial charge >= 0.3 is 0 Å². The summed E-state index contributed by atoms with van der Waals surface area (Å²) in [6.45, 7) is 1.29. The van der Waals surface area contributed by atoms with Crippen molar-refractivity contribution in [2.75, 3.05) is 20.3 Å². The molecule has 1 atom stereocenters. The van der Waals surface area contributed by atoms with Crippen LogP contribution in [-0.4, -0.2) is 57.1 Å². The molecule has 1 aliphatic rings. The maximum Gasteiger partial charge on any atom is 0.258 e. The smallest absolute Gasteiger partial charge is 0.258 e. The molecule has 1 fully saturated rings. The van der Waals surface area contributed by atoms with Gasteiger partial charge in [-0.3, -0.25) is 9.59 Å². The van der Waals surface area contributed by atoms with Gasteiger partial charge in [0.05, 0.1) is 30.1 Å². The second-order valence-electron chi connectivity index (χ2n) is 8.09. The van der Waals surface area contributed by atoms with Crippen LogP contribution in [0.25, 0.3) is 27.8 Å². The summed E-state index contributed by atoms with van der Waals surface area (Å²) in [5.74, 6) is 0.00161. The Hall–Kier alpha value is -3.49. The first kappa shape index (κ1) is 21.4. The zero-order valence-corrected chi connectivity index (χ0v) is 18.7. The van der Waals surface area contributed by atoms with Gasteiger partial charge in [0.25, 0.3) is 11.5 Å². The van der Waals surface area contributed by atoms with Crippen molar-refractivity contribution in [3.63, 3.8) is 0 Å². The van der Waals surface area contributed by atoms with Crippen molar-refractivity contribution in [3.8, 4) is 16.9 Å². The molecule has 5 rings (SSSR count). The number of carbonyl (C=O) groups is 1. The number of aromatic amines is 1. The van der Waals surface area contributed by atoms with Crippen molar-refractivity contribution < 1.29 is 9.53 Å². The van der Waals surface area contributed by atoms with E-state index in [1.54, 1.807) is 54.4 Å². The van der Waals surface area contributed by atoms with Gasteiger partial charge in [-0.1, -0.05) is 16.8 Å². The number of amides is 1. The van der Waals surface area contributed by atoms with Gasteiger partial charge in [0.1, 0.15) is 5.69 Å². The van der Waals surface area contributed by atoms with E-state index >= 15 is 0 Å². The molecule has 0 unspecified atom stereocenters. The summed E-state index contributed by atoms with van der Waals surface area (Å²) >= 11 is 6.08. The molecule has 3 heterocycles. The minimum Gasteiger partial charge on any atom is -0.383 e. The number of rotatable bonds is 5. The molecule has 0 saturated carbocycles. The number of likely N-dealkylation sites (tertiary alicyclic amines) is 1. The fourth-order valence-electron chi connectivity index (χ4n) is 4.27. The monoisotopic (exact) mass is 463 g/mol. The standard InChI is InChI=1S/C24H22ClN5O3/c1-33-14-19-3-2-10-29(19)24(32)15-4-7-18(8-5-15)30-13-22(27-28-30)20-12-16-11-17(25)6-9-21(16)26-23(20)31/h4-9,11-13,19H,2-3,10,14H2,1H3,(H,26,31)/t19-/m0/s1. The average molecular weight is 464 g/mol. The van der Waals surface area contributed by atoms with Gasteiger partial charge in [0.2, 0.25) is 0 Å². The van der Waals surface area contributed by atoms with E-state index in [4.69, 9.17) is 16.3 Å². The Bertz CT molecular complexity index is 1380. The zero-order chi connectivity index (χ0) is 22.9. The summed E-state index contributed by atoms with van der Waals surface area (Å²) in [7, 11) is 1.66. The number of benzene rings is 2. The first-order valence-corrected chi connectivity index (χ1v) is 11.1. The highest BCUT2D eigenvalue weighted by Gasteiger charge is 2.29. The summed E-state index contributed by atoms with van der Waals surface area (Å²) in [6.07, 6.45) is 3.63. The van der Waals surface area contributed by atoms with Gasteiger partial charge in [-0.2, -0.15) is 0 Å². The highest BCUT2D eigenvalue weighted by Crippen LogP contribution is 2.23. The number of aromatic nitrogens is 4. The lowest BCUT2D eigenvalue weighted by molar-refractivity contribution is 0.0630. The Morgan fingerprint density at radius 2 is 2.03 bits per heavy atom. The van der Waals surface area contributed by atoms with Crippen LogP contribution in [0.3, 0.4) is 0 Å². The lowest BCUT2D eigenvalue weighted by Gasteiger charge is -2.24. The number of H-pyrrole nitrogens is 1. The zero-order valence-electron chi connectivity index (χ0n) is 18.0. The van der Waals surface area contributed by atoms with Gasteiger partial charge < -0.3 is 14.6 Å². The van der Waals surface area contributed by atoms with Crippen LogP contribution in [0.15, 0.2) is 59.5 Å². The van der Waals surface area contributed by atoms with Crippen molar-refractivity contribution in [1.29, 1.82) is 0 Å². The molecule has 0 bridgehead atoms. The quantitative estimate of drug-likeness (QED) is 0.487. The van der Waals surface area contributed by atoms with Gasteiger partial charge in [-0.05, 0) is 61.4 Å². The van der Waals surface area contributed by atoms with Gasteiger partial charge in [-0.15, -0.1) is 5.10 Å². The molecule has 1 aliphatic heterocycles. The molecule has 0 spiro atoms. The van der Waals surface area contributed by atoms with Crippen molar-refractivity contribution in [2.24, 2.45) is 0 Å². The van der Waals surface area contributed by atoms with Crippen molar-refractivity contribution >= 4 is 28.4 Å². The van der Waals surface area contributed by atoms with E-state index in [2.05, 4.69) is 15.3 Å². The molecule has 1 saturated heterocycles. The number of hydrogen-bond acceptors (Lipinski definition) is 5. The molecule has 2 aromatic heterocycles. The Balaban J connectivity index is 1.39. The molecule has 8 nitrogen and oxygen atoms in total. The van der Waals surface area contributed by atoms with Gasteiger partial charge in [-0.25, -0.2) is 4.68 Å². The Labute approximate surface area is 194 Å². The molecule has 1 amide bonds. The summed E-state index contributed by atoms with van der Waals surface area (Å²) < 4.78 is 6.83. The SMILES string of the molecule is COC[C@@H]1CCCN1C(=O)c1ccc(-n2cc(-c3cc4cc(Cl)ccc4[nH]c3=O)nn2)cc1. The van der Waals surface area contributed by atoms with Crippen LogP contribution in [0.2, 0.25) is 5.02 Å². The Kier molecular flexibility index (Phi) is 5.70. The molecule has 33 heavy (non-hydrogen) atoms. The third kappa shape index (κ3) is 4.15. The minimum atomic E-state index is -0.256. The fraction of sp³-hybridized carbons (Fsp3) is 0.250. The number of methoxy groups -OCH3 is 1. The van der Waals surface area contributed by atoms with E-state index in [0.717, 1.165) is 30.5 Å². The lowest BCUT2D eigenvalue weighted by atomic mass is 10.1. The normalized spacial score (nSPS) is 15.9. The summed E-state index contributed by atoms with van der Waals surface area (Å²) in [5, 5.41) is 9.73. The molecular weight excluding hydrogens is 442 g/mol. The van der Waals surface area contributed by atoms with E-state index < -0.39 is 0 Å². The predicted octanol–water partition coefficient (Wildman–Crippen LogP) is 3.68. The summed E-state index contributed by atoms with van der Waals surface area (Å²) in [5.41, 5.74) is 2.64. The van der Waals surface area contributed by atoms with E-state index in [0.29, 0.717) is 34.0 Å². The van der Waals surface area contributed by atoms with E-state index in [1.807, 2.05) is 17.0 Å². The maximum atomic E-state index is 12.9. The van der Waals surface area contributed by atoms with Crippen LogP contribution < -0.4 is 5.56 Å². The van der Waals surface area contributed by atoms with Crippen molar-refractivity contribution in [2.45, 2.75) is 18.9 Å². The minimum absolute atomic E-state index is 0.00161. The molecule has 9 heteroatoms. The van der Waals surface area contributed by atoms with Crippen LogP contribution >= 0.6 is 11.6 Å². The molecular formula is C24H22ClN5O3. The molecule has 1 N–H and O–H groups in total. The Morgan fingerprint density at radius 1 is 1.21 bits per heavy atom. The van der Waals surface area contributed by atoms with Crippen LogP contribution in [0.5, 0.6) is 0 Å². The topological polar surface area (TPSA) is 93.1 Å². The second-order valence-corrected chi connectivity index (χ2v) is 8.53. The first-order valence-electron chi connectivity index (χ1n) is 10.7. The first-order chi connectivity index (χ1) is 16.0. The number of ether oxygens (including phenoxy) is 1. The lowest BCUT2D eigenvalue weighted by Crippen LogP contribution is -2.38. The number of carbonyl (C=O) groups excluding carboxylic acids is 1. The number of fused-ring (bicyclic) bond motifs is 1. The molecule has 0 aliphatic carbocycles. The molecule has 0 radical (unpaired) electrons. The second kappa shape index (κ2) is 8.80. The molecule has 2 aromatic carbocycles. The highest BCUT2D eigenvalue weighted by atomic mass is 35.5. The highest BCUT2D eigenvalue weighted by molar-refractivity contribution is 6.31. The molecule has 4 aromatic rings. The predicted molar refractivity (Wildman–Crippen MR) is 126 cm³/mol. The third-order valence-electron chi connectivity index (χ3n) is 5.95. The van der Waals surface area contributed by atoms with Crippen LogP contribution in [0.4, 0.5) is 0 Å². The van der Waals surface area contributed by atoms with Crippen molar-refractivity contribution in [3.05, 3.63) is 75.7 Å². The molecule has 168 valence electrons. The number of nitrogens with one attached hydrogen (secondary N) is 1. The number of halogens is 1. The fourth-order valence-corrected chi connectivity index (χ4v) is 4.45. The van der Waals surface area contributed by atoms with Crippen LogP contribution in [0.1, 0.15) is 23.2 Å². The number of nitrogens with zero attached hydrogens (tertiary/aromatic N) is 4. The van der Waals surface area contributed by atoms with Crippen LogP contribution in [0, 0.1) is 0 Å². The largest absolute Gasteiger partial charge is 0.383 e. The van der Waals surface area contributed by atoms with Crippen molar-refractivity contribution in [1.82, 2.24) is 24.9 Å². The Morgan fingerprint density at radius 3 is 2.82 bits per heavy atom. The van der Waals surface area contributed by atoms with Gasteiger partial charge in [0.15, 0.2) is 0 Å². The van der Waals surface area contributed by atoms with E-state index in [-0.39, 0.29) is 17.5 Å². The summed E-state index contributed by atoms with van der Waals surface area (Å²) in [4.78, 5) is 30.2. The number of pyridine rings is 1. The third-order valence-corrected chi connectivity index (χ3v) is 6.19. The maximum absolute atomic E-state index is 12.9. The number of hydrogen-bond donors (Lipinski definition) is 1. The summed E-state index contributed by atoms with van der Waals surface area (Å²) in [6, 6.07) is 14.4.